The quantitative estimate of drug-likeness (QED) is 0.528. The first-order chi connectivity index (χ1) is 12.4. The second-order valence-corrected chi connectivity index (χ2v) is 8.20. The van der Waals surface area contributed by atoms with E-state index in [0.717, 1.165) is 16.1 Å². The molecule has 0 fully saturated rings. The lowest BCUT2D eigenvalue weighted by Crippen LogP contribution is -2.20. The maximum Gasteiger partial charge on any atom is 0.264 e. The van der Waals surface area contributed by atoms with Crippen molar-refractivity contribution in [3.05, 3.63) is 62.4 Å². The number of aromatic nitrogens is 1. The highest BCUT2D eigenvalue weighted by atomic mass is 79.9. The third-order valence-electron chi connectivity index (χ3n) is 3.62. The van der Waals surface area contributed by atoms with Crippen LogP contribution in [0.2, 0.25) is 5.02 Å². The highest BCUT2D eigenvalue weighted by molar-refractivity contribution is 9.10. The Morgan fingerprint density at radius 3 is 2.65 bits per heavy atom. The van der Waals surface area contributed by atoms with Crippen molar-refractivity contribution >= 4 is 49.9 Å². The van der Waals surface area contributed by atoms with Gasteiger partial charge in [0.2, 0.25) is 0 Å². The fourth-order valence-electron chi connectivity index (χ4n) is 2.32. The minimum Gasteiger partial charge on any atom is -0.483 e. The number of aryl methyl sites for hydroxylation is 2. The molecule has 0 spiro atoms. The van der Waals surface area contributed by atoms with E-state index < -0.39 is 0 Å². The molecule has 1 amide bonds. The molecule has 0 bridgehead atoms. The monoisotopic (exact) mass is 450 g/mol. The van der Waals surface area contributed by atoms with E-state index in [0.29, 0.717) is 20.4 Å². The Morgan fingerprint density at radius 2 is 1.96 bits per heavy atom. The molecule has 1 N–H and O–H groups in total. The minimum absolute atomic E-state index is 0.112. The van der Waals surface area contributed by atoms with Gasteiger partial charge in [0.15, 0.2) is 11.7 Å². The lowest BCUT2D eigenvalue weighted by molar-refractivity contribution is -0.118. The number of amides is 1. The zero-order chi connectivity index (χ0) is 18.7. The van der Waals surface area contributed by atoms with E-state index in [1.807, 2.05) is 38.1 Å². The summed E-state index contributed by atoms with van der Waals surface area (Å²) in [6, 6.07) is 13.3. The molecular formula is C19H16BrClN2O2S. The number of nitrogens with one attached hydrogen (secondary N) is 1. The van der Waals surface area contributed by atoms with Crippen molar-refractivity contribution in [2.45, 2.75) is 13.8 Å². The lowest BCUT2D eigenvalue weighted by Gasteiger charge is -2.07. The van der Waals surface area contributed by atoms with Crippen LogP contribution in [-0.2, 0) is 4.79 Å². The fraction of sp³-hybridized carbons (Fsp3) is 0.158. The van der Waals surface area contributed by atoms with E-state index in [2.05, 4.69) is 26.2 Å². The first kappa shape index (κ1) is 18.9. The Bertz CT molecular complexity index is 941. The Morgan fingerprint density at radius 1 is 1.23 bits per heavy atom. The molecule has 0 saturated heterocycles. The first-order valence-electron chi connectivity index (χ1n) is 7.84. The van der Waals surface area contributed by atoms with Crippen molar-refractivity contribution in [3.63, 3.8) is 0 Å². The second-order valence-electron chi connectivity index (χ2n) is 5.70. The van der Waals surface area contributed by atoms with Crippen molar-refractivity contribution in [1.82, 2.24) is 4.98 Å². The molecular weight excluding hydrogens is 436 g/mol. The van der Waals surface area contributed by atoms with E-state index in [4.69, 9.17) is 16.3 Å². The minimum atomic E-state index is -0.268. The Balaban J connectivity index is 1.64. The van der Waals surface area contributed by atoms with Crippen LogP contribution in [0.25, 0.3) is 11.3 Å². The fourth-order valence-corrected chi connectivity index (χ4v) is 3.97. The average Bonchev–Trinajstić information content (AvgIpc) is 2.95. The van der Waals surface area contributed by atoms with Gasteiger partial charge in [-0.3, -0.25) is 10.1 Å². The number of hydrogen-bond acceptors (Lipinski definition) is 4. The van der Waals surface area contributed by atoms with Gasteiger partial charge >= 0.3 is 0 Å². The number of thiazole rings is 1. The molecule has 1 aromatic heterocycles. The third-order valence-corrected chi connectivity index (χ3v) is 5.36. The molecule has 7 heteroatoms. The van der Waals surface area contributed by atoms with Crippen molar-refractivity contribution in [1.29, 1.82) is 0 Å². The van der Waals surface area contributed by atoms with Gasteiger partial charge in [-0.05, 0) is 48.0 Å². The third kappa shape index (κ3) is 4.63. The van der Waals surface area contributed by atoms with Crippen LogP contribution in [-0.4, -0.2) is 17.5 Å². The molecule has 2 aromatic carbocycles. The summed E-state index contributed by atoms with van der Waals surface area (Å²) in [5.41, 5.74) is 3.11. The molecule has 0 aliphatic rings. The van der Waals surface area contributed by atoms with Crippen molar-refractivity contribution in [3.8, 4) is 17.0 Å². The standard InChI is InChI=1S/C19H16BrClN2O2S/c1-11-3-5-13(6-4-11)18-12(2)26-19(23-18)22-17(24)10-25-16-8-7-14(21)9-15(16)20/h3-9H,10H2,1-2H3,(H,22,23,24). The van der Waals surface area contributed by atoms with Crippen LogP contribution in [0.1, 0.15) is 10.4 Å². The summed E-state index contributed by atoms with van der Waals surface area (Å²) < 4.78 is 6.22. The number of anilines is 1. The number of nitrogens with zero attached hydrogens (tertiary/aromatic N) is 1. The molecule has 0 aliphatic carbocycles. The summed E-state index contributed by atoms with van der Waals surface area (Å²) in [7, 11) is 0. The summed E-state index contributed by atoms with van der Waals surface area (Å²) in [5.74, 6) is 0.288. The zero-order valence-corrected chi connectivity index (χ0v) is 17.3. The van der Waals surface area contributed by atoms with Gasteiger partial charge in [-0.25, -0.2) is 4.98 Å². The van der Waals surface area contributed by atoms with Gasteiger partial charge in [-0.1, -0.05) is 41.4 Å². The van der Waals surface area contributed by atoms with Gasteiger partial charge in [0.1, 0.15) is 5.75 Å². The van der Waals surface area contributed by atoms with Gasteiger partial charge in [0.05, 0.1) is 10.2 Å². The smallest absolute Gasteiger partial charge is 0.264 e. The van der Waals surface area contributed by atoms with Gasteiger partial charge in [0.25, 0.3) is 5.91 Å². The van der Waals surface area contributed by atoms with E-state index >= 15 is 0 Å². The number of carbonyl (C=O) groups excluding carboxylic acids is 1. The molecule has 0 saturated carbocycles. The number of ether oxygens (including phenoxy) is 1. The number of rotatable bonds is 5. The molecule has 0 aliphatic heterocycles. The molecule has 0 unspecified atom stereocenters. The lowest BCUT2D eigenvalue weighted by atomic mass is 10.1. The molecule has 134 valence electrons. The predicted molar refractivity (Wildman–Crippen MR) is 110 cm³/mol. The van der Waals surface area contributed by atoms with E-state index in [1.54, 1.807) is 18.2 Å². The number of carbonyl (C=O) groups is 1. The molecule has 4 nitrogen and oxygen atoms in total. The Labute approximate surface area is 169 Å². The Kier molecular flexibility index (Phi) is 5.96. The number of benzene rings is 2. The van der Waals surface area contributed by atoms with E-state index in [1.165, 1.54) is 16.9 Å². The van der Waals surface area contributed by atoms with Crippen LogP contribution in [0.5, 0.6) is 5.75 Å². The van der Waals surface area contributed by atoms with Crippen LogP contribution >= 0.6 is 38.9 Å². The summed E-state index contributed by atoms with van der Waals surface area (Å²) in [6.45, 7) is 3.92. The van der Waals surface area contributed by atoms with Crippen molar-refractivity contribution in [2.24, 2.45) is 0 Å². The summed E-state index contributed by atoms with van der Waals surface area (Å²) in [5, 5.41) is 3.94. The van der Waals surface area contributed by atoms with Crippen molar-refractivity contribution < 1.29 is 9.53 Å². The number of halogens is 2. The molecule has 26 heavy (non-hydrogen) atoms. The normalized spacial score (nSPS) is 10.6. The van der Waals surface area contributed by atoms with E-state index in [9.17, 15) is 4.79 Å². The zero-order valence-electron chi connectivity index (χ0n) is 14.2. The van der Waals surface area contributed by atoms with Crippen LogP contribution < -0.4 is 10.1 Å². The molecule has 3 aromatic rings. The van der Waals surface area contributed by atoms with Crippen molar-refractivity contribution in [2.75, 3.05) is 11.9 Å². The first-order valence-corrected chi connectivity index (χ1v) is 9.83. The Hall–Kier alpha value is -1.89. The summed E-state index contributed by atoms with van der Waals surface area (Å²) in [4.78, 5) is 17.7. The van der Waals surface area contributed by atoms with Gasteiger partial charge in [0, 0.05) is 15.5 Å². The predicted octanol–water partition coefficient (Wildman–Crippen LogP) is 5.86. The summed E-state index contributed by atoms with van der Waals surface area (Å²) >= 11 is 10.7. The van der Waals surface area contributed by atoms with Crippen LogP contribution in [0.15, 0.2) is 46.9 Å². The SMILES string of the molecule is Cc1ccc(-c2nc(NC(=O)COc3ccc(Cl)cc3Br)sc2C)cc1. The maximum absolute atomic E-state index is 12.2. The highest BCUT2D eigenvalue weighted by Crippen LogP contribution is 2.31. The van der Waals surface area contributed by atoms with Gasteiger partial charge < -0.3 is 4.74 Å². The van der Waals surface area contributed by atoms with Gasteiger partial charge in [-0.2, -0.15) is 0 Å². The van der Waals surface area contributed by atoms with Crippen LogP contribution in [0.4, 0.5) is 5.13 Å². The largest absolute Gasteiger partial charge is 0.483 e. The molecule has 1 heterocycles. The second kappa shape index (κ2) is 8.20. The summed E-state index contributed by atoms with van der Waals surface area (Å²) in [6.07, 6.45) is 0. The molecule has 3 rings (SSSR count). The van der Waals surface area contributed by atoms with E-state index in [-0.39, 0.29) is 12.5 Å². The molecule has 0 atom stereocenters. The molecule has 0 radical (unpaired) electrons. The maximum atomic E-state index is 12.2. The van der Waals surface area contributed by atoms with Crippen LogP contribution in [0.3, 0.4) is 0 Å². The number of hydrogen-bond donors (Lipinski definition) is 1. The topological polar surface area (TPSA) is 51.2 Å². The highest BCUT2D eigenvalue weighted by Gasteiger charge is 2.13. The van der Waals surface area contributed by atoms with Gasteiger partial charge in [-0.15, -0.1) is 11.3 Å². The van der Waals surface area contributed by atoms with Crippen LogP contribution in [0, 0.1) is 13.8 Å². The average molecular weight is 452 g/mol.